The Morgan fingerprint density at radius 1 is 1.12 bits per heavy atom. The van der Waals surface area contributed by atoms with Gasteiger partial charge >= 0.3 is 6.03 Å². The first kappa shape index (κ1) is 16.2. The molecule has 0 spiro atoms. The molecule has 0 atom stereocenters. The molecule has 2 aliphatic heterocycles. The Morgan fingerprint density at radius 3 is 2.50 bits per heavy atom. The van der Waals surface area contributed by atoms with Gasteiger partial charge in [-0.05, 0) is 25.0 Å². The molecule has 0 unspecified atom stereocenters. The molecular formula is C17H18N6O3. The summed E-state index contributed by atoms with van der Waals surface area (Å²) >= 11 is 0. The molecule has 1 N–H and O–H groups in total. The molecule has 4 rings (SSSR count). The number of hydrogen-bond acceptors (Lipinski definition) is 5. The van der Waals surface area contributed by atoms with Crippen molar-refractivity contribution in [3.05, 3.63) is 42.5 Å². The van der Waals surface area contributed by atoms with Gasteiger partial charge < -0.3 is 9.80 Å². The van der Waals surface area contributed by atoms with Crippen molar-refractivity contribution in [2.24, 2.45) is 0 Å². The van der Waals surface area contributed by atoms with E-state index in [1.54, 1.807) is 34.1 Å². The standard InChI is InChI=1S/C17H18N6O3/c24-14-10-22(17(26)23(14)13-4-2-1-3-5-13)12-6-8-21(9-7-12)16(25)15-18-11-19-20-15/h1-5,11-12H,6-10H2,(H,18,19,20). The van der Waals surface area contributed by atoms with E-state index in [0.717, 1.165) is 0 Å². The first-order valence-electron chi connectivity index (χ1n) is 8.48. The van der Waals surface area contributed by atoms with Crippen molar-refractivity contribution < 1.29 is 14.4 Å². The zero-order valence-electron chi connectivity index (χ0n) is 14.0. The molecule has 2 saturated heterocycles. The number of urea groups is 1. The molecule has 0 saturated carbocycles. The van der Waals surface area contributed by atoms with Crippen LogP contribution in [0, 0.1) is 0 Å². The fourth-order valence-electron chi connectivity index (χ4n) is 3.47. The maximum absolute atomic E-state index is 12.7. The number of para-hydroxylation sites is 1. The minimum atomic E-state index is -0.291. The van der Waals surface area contributed by atoms with Crippen LogP contribution < -0.4 is 4.90 Å². The van der Waals surface area contributed by atoms with E-state index in [1.165, 1.54) is 11.2 Å². The molecule has 134 valence electrons. The minimum absolute atomic E-state index is 0.0565. The van der Waals surface area contributed by atoms with E-state index in [2.05, 4.69) is 15.2 Å². The van der Waals surface area contributed by atoms with Gasteiger partial charge in [0.15, 0.2) is 0 Å². The summed E-state index contributed by atoms with van der Waals surface area (Å²) in [5.41, 5.74) is 0.586. The number of likely N-dealkylation sites (tertiary alicyclic amines) is 1. The second kappa shape index (κ2) is 6.58. The minimum Gasteiger partial charge on any atom is -0.336 e. The highest BCUT2D eigenvalue weighted by molar-refractivity contribution is 6.19. The second-order valence-corrected chi connectivity index (χ2v) is 6.33. The smallest absolute Gasteiger partial charge is 0.332 e. The molecule has 26 heavy (non-hydrogen) atoms. The molecule has 4 amide bonds. The molecule has 9 nitrogen and oxygen atoms in total. The van der Waals surface area contributed by atoms with Crippen LogP contribution in [0.25, 0.3) is 0 Å². The van der Waals surface area contributed by atoms with Gasteiger partial charge in [0.2, 0.25) is 5.82 Å². The van der Waals surface area contributed by atoms with E-state index in [-0.39, 0.29) is 36.3 Å². The van der Waals surface area contributed by atoms with E-state index in [0.29, 0.717) is 31.6 Å². The largest absolute Gasteiger partial charge is 0.336 e. The zero-order valence-corrected chi connectivity index (χ0v) is 14.0. The number of amides is 4. The van der Waals surface area contributed by atoms with Gasteiger partial charge in [0, 0.05) is 19.1 Å². The van der Waals surface area contributed by atoms with Gasteiger partial charge in [-0.15, -0.1) is 0 Å². The first-order valence-corrected chi connectivity index (χ1v) is 8.48. The molecule has 2 fully saturated rings. The molecule has 0 radical (unpaired) electrons. The van der Waals surface area contributed by atoms with Crippen LogP contribution in [0.2, 0.25) is 0 Å². The van der Waals surface area contributed by atoms with Crippen LogP contribution in [0.3, 0.4) is 0 Å². The highest BCUT2D eigenvalue weighted by atomic mass is 16.2. The lowest BCUT2D eigenvalue weighted by molar-refractivity contribution is -0.116. The number of imide groups is 1. The van der Waals surface area contributed by atoms with E-state index in [4.69, 9.17) is 0 Å². The average Bonchev–Trinajstić information content (AvgIpc) is 3.30. The summed E-state index contributed by atoms with van der Waals surface area (Å²) in [6, 6.07) is 8.59. The van der Waals surface area contributed by atoms with E-state index >= 15 is 0 Å². The highest BCUT2D eigenvalue weighted by Crippen LogP contribution is 2.26. The van der Waals surface area contributed by atoms with Gasteiger partial charge in [-0.3, -0.25) is 14.7 Å². The number of aromatic nitrogens is 3. The van der Waals surface area contributed by atoms with Crippen molar-refractivity contribution >= 4 is 23.5 Å². The van der Waals surface area contributed by atoms with E-state index in [9.17, 15) is 14.4 Å². The fourth-order valence-corrected chi connectivity index (χ4v) is 3.47. The van der Waals surface area contributed by atoms with Crippen LogP contribution in [0.15, 0.2) is 36.7 Å². The monoisotopic (exact) mass is 354 g/mol. The third kappa shape index (κ3) is 2.81. The molecule has 3 heterocycles. The fraction of sp³-hybridized carbons (Fsp3) is 0.353. The van der Waals surface area contributed by atoms with Gasteiger partial charge in [0.05, 0.1) is 5.69 Å². The van der Waals surface area contributed by atoms with Gasteiger partial charge in [-0.25, -0.2) is 14.7 Å². The molecule has 0 aliphatic carbocycles. The lowest BCUT2D eigenvalue weighted by Crippen LogP contribution is -2.48. The number of nitrogens with one attached hydrogen (secondary N) is 1. The number of carbonyl (C=O) groups is 3. The summed E-state index contributed by atoms with van der Waals surface area (Å²) in [5, 5.41) is 6.26. The summed E-state index contributed by atoms with van der Waals surface area (Å²) in [7, 11) is 0. The lowest BCUT2D eigenvalue weighted by Gasteiger charge is -2.35. The predicted molar refractivity (Wildman–Crippen MR) is 91.3 cm³/mol. The number of nitrogens with zero attached hydrogens (tertiary/aromatic N) is 5. The number of H-pyrrole nitrogens is 1. The van der Waals surface area contributed by atoms with E-state index in [1.807, 2.05) is 6.07 Å². The van der Waals surface area contributed by atoms with Crippen molar-refractivity contribution in [1.82, 2.24) is 25.0 Å². The third-order valence-corrected chi connectivity index (χ3v) is 4.82. The Labute approximate surface area is 149 Å². The molecule has 2 aliphatic rings. The van der Waals surface area contributed by atoms with Gasteiger partial charge in [-0.2, -0.15) is 5.10 Å². The van der Waals surface area contributed by atoms with Crippen LogP contribution in [-0.2, 0) is 4.79 Å². The predicted octanol–water partition coefficient (Wildman–Crippen LogP) is 0.878. The number of hydrogen-bond donors (Lipinski definition) is 1. The number of aromatic amines is 1. The zero-order chi connectivity index (χ0) is 18.1. The Hall–Kier alpha value is -3.23. The summed E-state index contributed by atoms with van der Waals surface area (Å²) < 4.78 is 0. The molecule has 1 aromatic heterocycles. The van der Waals surface area contributed by atoms with Gasteiger partial charge in [-0.1, -0.05) is 18.2 Å². The van der Waals surface area contributed by atoms with E-state index < -0.39 is 0 Å². The van der Waals surface area contributed by atoms with Crippen molar-refractivity contribution in [3.8, 4) is 0 Å². The van der Waals surface area contributed by atoms with Gasteiger partial charge in [0.1, 0.15) is 12.9 Å². The average molecular weight is 354 g/mol. The number of piperidine rings is 1. The Balaban J connectivity index is 1.41. The SMILES string of the molecule is O=C(c1ncn[nH]1)N1CCC(N2CC(=O)N(c3ccccc3)C2=O)CC1. The van der Waals surface area contributed by atoms with Crippen LogP contribution in [0.1, 0.15) is 23.5 Å². The normalized spacial score (nSPS) is 18.7. The Morgan fingerprint density at radius 2 is 1.85 bits per heavy atom. The van der Waals surface area contributed by atoms with Crippen LogP contribution >= 0.6 is 0 Å². The summed E-state index contributed by atoms with van der Waals surface area (Å²) in [5.74, 6) is -0.205. The van der Waals surface area contributed by atoms with Crippen LogP contribution in [0.4, 0.5) is 10.5 Å². The number of carbonyl (C=O) groups excluding carboxylic acids is 3. The molecule has 2 aromatic rings. The quantitative estimate of drug-likeness (QED) is 0.824. The summed E-state index contributed by atoms with van der Waals surface area (Å²) in [6.45, 7) is 1.09. The molecular weight excluding hydrogens is 336 g/mol. The number of benzene rings is 1. The number of anilines is 1. The Bertz CT molecular complexity index is 814. The summed E-state index contributed by atoms with van der Waals surface area (Å²) in [6.07, 6.45) is 2.55. The van der Waals surface area contributed by atoms with Crippen molar-refractivity contribution in [3.63, 3.8) is 0 Å². The van der Waals surface area contributed by atoms with Crippen LogP contribution in [0.5, 0.6) is 0 Å². The van der Waals surface area contributed by atoms with Crippen molar-refractivity contribution in [2.75, 3.05) is 24.5 Å². The number of rotatable bonds is 3. The van der Waals surface area contributed by atoms with Gasteiger partial charge in [0.25, 0.3) is 11.8 Å². The molecule has 9 heteroatoms. The summed E-state index contributed by atoms with van der Waals surface area (Å²) in [4.78, 5) is 45.8. The van der Waals surface area contributed by atoms with Crippen molar-refractivity contribution in [2.45, 2.75) is 18.9 Å². The van der Waals surface area contributed by atoms with Crippen LogP contribution in [-0.4, -0.2) is 68.5 Å². The Kier molecular flexibility index (Phi) is 4.11. The second-order valence-electron chi connectivity index (χ2n) is 6.33. The maximum Gasteiger partial charge on any atom is 0.332 e. The highest BCUT2D eigenvalue weighted by Gasteiger charge is 2.41. The topological polar surface area (TPSA) is 102 Å². The first-order chi connectivity index (χ1) is 12.6. The molecule has 1 aromatic carbocycles. The lowest BCUT2D eigenvalue weighted by atomic mass is 10.0. The third-order valence-electron chi connectivity index (χ3n) is 4.82. The molecule has 0 bridgehead atoms. The van der Waals surface area contributed by atoms with Crippen molar-refractivity contribution in [1.29, 1.82) is 0 Å². The maximum atomic E-state index is 12.7.